The van der Waals surface area contributed by atoms with Crippen molar-refractivity contribution in [3.63, 3.8) is 0 Å². The molecule has 0 radical (unpaired) electrons. The molecule has 1 aromatic rings. The minimum absolute atomic E-state index is 0.0209. The molecule has 1 atom stereocenters. The van der Waals surface area contributed by atoms with Crippen molar-refractivity contribution in [1.29, 1.82) is 0 Å². The normalized spacial score (nSPS) is 20.4. The molecule has 0 aliphatic carbocycles. The zero-order valence-corrected chi connectivity index (χ0v) is 13.1. The Bertz CT molecular complexity index is 596. The number of nitrogens with two attached hydrogens (primary N) is 1. The van der Waals surface area contributed by atoms with Gasteiger partial charge in [-0.25, -0.2) is 8.42 Å². The summed E-state index contributed by atoms with van der Waals surface area (Å²) >= 11 is 0. The zero-order chi connectivity index (χ0) is 15.5. The molecule has 1 saturated heterocycles. The van der Waals surface area contributed by atoms with E-state index in [0.29, 0.717) is 19.5 Å². The van der Waals surface area contributed by atoms with Crippen molar-refractivity contribution in [3.05, 3.63) is 29.8 Å². The van der Waals surface area contributed by atoms with E-state index < -0.39 is 15.8 Å². The highest BCUT2D eigenvalue weighted by Gasteiger charge is 2.35. The Labute approximate surface area is 126 Å². The fourth-order valence-electron chi connectivity index (χ4n) is 2.61. The molecule has 2 rings (SSSR count). The molecule has 1 amide bonds. The number of carbonyl (C=O) groups is 1. The Morgan fingerprint density at radius 3 is 2.48 bits per heavy atom. The first-order chi connectivity index (χ1) is 9.96. The third-order valence-corrected chi connectivity index (χ3v) is 5.55. The lowest BCUT2D eigenvalue weighted by atomic mass is 10.1. The van der Waals surface area contributed by atoms with Gasteiger partial charge in [0.15, 0.2) is 9.84 Å². The lowest BCUT2D eigenvalue weighted by Crippen LogP contribution is -2.37. The van der Waals surface area contributed by atoms with Crippen LogP contribution in [-0.4, -0.2) is 32.4 Å². The number of amides is 1. The summed E-state index contributed by atoms with van der Waals surface area (Å²) in [7, 11) is -3.05. The number of benzene rings is 1. The van der Waals surface area contributed by atoms with Gasteiger partial charge >= 0.3 is 0 Å². The minimum Gasteiger partial charge on any atom is -0.326 e. The standard InChI is InChI=1S/C15H22N2O3S/c1-2-8-17(14-5-3-12(10-16)4-6-14)15(18)13-7-9-21(19,20)11-13/h3-6,13H,2,7-11,16H2,1H3. The van der Waals surface area contributed by atoms with E-state index in [2.05, 4.69) is 0 Å². The molecule has 0 saturated carbocycles. The quantitative estimate of drug-likeness (QED) is 0.889. The van der Waals surface area contributed by atoms with Gasteiger partial charge in [-0.05, 0) is 30.5 Å². The molecule has 1 heterocycles. The summed E-state index contributed by atoms with van der Waals surface area (Å²) in [4.78, 5) is 14.3. The van der Waals surface area contributed by atoms with E-state index in [9.17, 15) is 13.2 Å². The van der Waals surface area contributed by atoms with Gasteiger partial charge in [-0.1, -0.05) is 19.1 Å². The van der Waals surface area contributed by atoms with Crippen LogP contribution in [0.25, 0.3) is 0 Å². The Morgan fingerprint density at radius 1 is 1.33 bits per heavy atom. The number of rotatable bonds is 5. The second-order valence-electron chi connectivity index (χ2n) is 5.46. The van der Waals surface area contributed by atoms with Crippen molar-refractivity contribution in [2.24, 2.45) is 11.7 Å². The first kappa shape index (κ1) is 16.0. The smallest absolute Gasteiger partial charge is 0.231 e. The zero-order valence-electron chi connectivity index (χ0n) is 12.3. The van der Waals surface area contributed by atoms with E-state index in [1.807, 2.05) is 31.2 Å². The number of hydrogen-bond donors (Lipinski definition) is 1. The van der Waals surface area contributed by atoms with Crippen molar-refractivity contribution >= 4 is 21.4 Å². The van der Waals surface area contributed by atoms with Gasteiger partial charge in [-0.3, -0.25) is 4.79 Å². The maximum absolute atomic E-state index is 12.6. The summed E-state index contributed by atoms with van der Waals surface area (Å²) in [5.74, 6) is -0.392. The molecule has 0 spiro atoms. The maximum atomic E-state index is 12.6. The van der Waals surface area contributed by atoms with E-state index in [1.165, 1.54) is 0 Å². The molecule has 21 heavy (non-hydrogen) atoms. The lowest BCUT2D eigenvalue weighted by molar-refractivity contribution is -0.121. The van der Waals surface area contributed by atoms with Crippen molar-refractivity contribution in [2.45, 2.75) is 26.3 Å². The molecule has 0 bridgehead atoms. The lowest BCUT2D eigenvalue weighted by Gasteiger charge is -2.25. The monoisotopic (exact) mass is 310 g/mol. The van der Waals surface area contributed by atoms with Crippen LogP contribution in [0, 0.1) is 5.92 Å². The van der Waals surface area contributed by atoms with E-state index in [-0.39, 0.29) is 17.4 Å². The van der Waals surface area contributed by atoms with Gasteiger partial charge in [-0.15, -0.1) is 0 Å². The highest BCUT2D eigenvalue weighted by molar-refractivity contribution is 7.91. The molecule has 1 aromatic carbocycles. The fraction of sp³-hybridized carbons (Fsp3) is 0.533. The van der Waals surface area contributed by atoms with Gasteiger partial charge in [0.25, 0.3) is 0 Å². The van der Waals surface area contributed by atoms with Crippen LogP contribution in [0.1, 0.15) is 25.3 Å². The number of carbonyl (C=O) groups excluding carboxylic acids is 1. The third-order valence-electron chi connectivity index (χ3n) is 3.78. The first-order valence-corrected chi connectivity index (χ1v) is 9.10. The average Bonchev–Trinajstić information content (AvgIpc) is 2.84. The Hall–Kier alpha value is -1.40. The van der Waals surface area contributed by atoms with Crippen LogP contribution in [0.2, 0.25) is 0 Å². The number of hydrogen-bond acceptors (Lipinski definition) is 4. The SMILES string of the molecule is CCCN(C(=O)C1CCS(=O)(=O)C1)c1ccc(CN)cc1. The van der Waals surface area contributed by atoms with Gasteiger partial charge in [0, 0.05) is 18.8 Å². The summed E-state index contributed by atoms with van der Waals surface area (Å²) in [5.41, 5.74) is 7.39. The largest absolute Gasteiger partial charge is 0.326 e. The molecule has 1 aliphatic rings. The maximum Gasteiger partial charge on any atom is 0.231 e. The average molecular weight is 310 g/mol. The number of sulfone groups is 1. The third kappa shape index (κ3) is 3.83. The molecule has 6 heteroatoms. The molecule has 5 nitrogen and oxygen atoms in total. The molecule has 1 unspecified atom stereocenters. The number of anilines is 1. The topological polar surface area (TPSA) is 80.5 Å². The fourth-order valence-corrected chi connectivity index (χ4v) is 4.34. The number of nitrogens with zero attached hydrogens (tertiary/aromatic N) is 1. The van der Waals surface area contributed by atoms with E-state index in [4.69, 9.17) is 5.73 Å². The molecule has 1 aliphatic heterocycles. The predicted molar refractivity (Wildman–Crippen MR) is 83.7 cm³/mol. The van der Waals surface area contributed by atoms with Gasteiger partial charge in [0.05, 0.1) is 17.4 Å². The minimum atomic E-state index is -3.05. The summed E-state index contributed by atoms with van der Waals surface area (Å²) in [6, 6.07) is 7.55. The van der Waals surface area contributed by atoms with Crippen molar-refractivity contribution in [1.82, 2.24) is 0 Å². The van der Waals surface area contributed by atoms with Crippen LogP contribution in [0.3, 0.4) is 0 Å². The van der Waals surface area contributed by atoms with Crippen molar-refractivity contribution < 1.29 is 13.2 Å². The highest BCUT2D eigenvalue weighted by atomic mass is 32.2. The molecular weight excluding hydrogens is 288 g/mol. The molecule has 1 fully saturated rings. The van der Waals surface area contributed by atoms with Gasteiger partial charge in [0.1, 0.15) is 0 Å². The van der Waals surface area contributed by atoms with Crippen LogP contribution in [0.4, 0.5) is 5.69 Å². The van der Waals surface area contributed by atoms with Crippen molar-refractivity contribution in [3.8, 4) is 0 Å². The van der Waals surface area contributed by atoms with E-state index in [1.54, 1.807) is 4.90 Å². The molecule has 116 valence electrons. The van der Waals surface area contributed by atoms with Crippen LogP contribution in [0.5, 0.6) is 0 Å². The van der Waals surface area contributed by atoms with Crippen LogP contribution in [0.15, 0.2) is 24.3 Å². The Morgan fingerprint density at radius 2 is 2.00 bits per heavy atom. The summed E-state index contributed by atoms with van der Waals surface area (Å²) < 4.78 is 23.1. The Kier molecular flexibility index (Phi) is 5.00. The highest BCUT2D eigenvalue weighted by Crippen LogP contribution is 2.24. The van der Waals surface area contributed by atoms with Gasteiger partial charge < -0.3 is 10.6 Å². The van der Waals surface area contributed by atoms with E-state index in [0.717, 1.165) is 17.7 Å². The van der Waals surface area contributed by atoms with Crippen LogP contribution < -0.4 is 10.6 Å². The summed E-state index contributed by atoms with van der Waals surface area (Å²) in [6.07, 6.45) is 1.26. The summed E-state index contributed by atoms with van der Waals surface area (Å²) in [6.45, 7) is 3.06. The van der Waals surface area contributed by atoms with Crippen LogP contribution >= 0.6 is 0 Å². The predicted octanol–water partition coefficient (Wildman–Crippen LogP) is 1.32. The second-order valence-corrected chi connectivity index (χ2v) is 7.69. The second kappa shape index (κ2) is 6.58. The Balaban J connectivity index is 2.19. The molecular formula is C15H22N2O3S. The molecule has 0 aromatic heterocycles. The van der Waals surface area contributed by atoms with Crippen LogP contribution in [-0.2, 0) is 21.2 Å². The first-order valence-electron chi connectivity index (χ1n) is 7.27. The van der Waals surface area contributed by atoms with Crippen molar-refractivity contribution in [2.75, 3.05) is 23.0 Å². The molecule has 2 N–H and O–H groups in total. The van der Waals surface area contributed by atoms with Gasteiger partial charge in [0.2, 0.25) is 5.91 Å². The summed E-state index contributed by atoms with van der Waals surface area (Å²) in [5, 5.41) is 0. The van der Waals surface area contributed by atoms with E-state index >= 15 is 0 Å². The van der Waals surface area contributed by atoms with Gasteiger partial charge in [-0.2, -0.15) is 0 Å².